The largest absolute Gasteiger partial charge is 0.399 e. The average molecular weight is 269 g/mol. The lowest BCUT2D eigenvalue weighted by Gasteiger charge is -2.15. The molecule has 0 radical (unpaired) electrons. The van der Waals surface area contributed by atoms with Crippen LogP contribution in [0.25, 0.3) is 0 Å². The van der Waals surface area contributed by atoms with Crippen LogP contribution in [0.2, 0.25) is 0 Å². The van der Waals surface area contributed by atoms with E-state index < -0.39 is 0 Å². The predicted molar refractivity (Wildman–Crippen MR) is 82.6 cm³/mol. The predicted octanol–water partition coefficient (Wildman–Crippen LogP) is 3.46. The molecule has 0 fully saturated rings. The zero-order chi connectivity index (χ0) is 14.5. The summed E-state index contributed by atoms with van der Waals surface area (Å²) in [5, 5.41) is 5.69. The third-order valence-corrected chi connectivity index (χ3v) is 3.09. The molecule has 2 aromatic carbocycles. The zero-order valence-electron chi connectivity index (χ0n) is 11.7. The van der Waals surface area contributed by atoms with Crippen molar-refractivity contribution in [1.29, 1.82) is 0 Å². The molecule has 2 rings (SSSR count). The van der Waals surface area contributed by atoms with Crippen LogP contribution in [0.5, 0.6) is 0 Å². The smallest absolute Gasteiger partial charge is 0.319 e. The van der Waals surface area contributed by atoms with Crippen molar-refractivity contribution in [1.82, 2.24) is 5.32 Å². The summed E-state index contributed by atoms with van der Waals surface area (Å²) in [7, 11) is 0. The maximum Gasteiger partial charge on any atom is 0.319 e. The Bertz CT molecular complexity index is 576. The third-order valence-electron chi connectivity index (χ3n) is 3.09. The van der Waals surface area contributed by atoms with Gasteiger partial charge < -0.3 is 16.4 Å². The van der Waals surface area contributed by atoms with Gasteiger partial charge in [0, 0.05) is 11.4 Å². The van der Waals surface area contributed by atoms with Crippen LogP contribution in [-0.4, -0.2) is 6.03 Å². The summed E-state index contributed by atoms with van der Waals surface area (Å²) in [6.07, 6.45) is 0. The number of amides is 2. The molecule has 4 nitrogen and oxygen atoms in total. The van der Waals surface area contributed by atoms with E-state index in [2.05, 4.69) is 10.6 Å². The summed E-state index contributed by atoms with van der Waals surface area (Å²) >= 11 is 0. The molecule has 2 aromatic rings. The minimum atomic E-state index is -0.224. The molecule has 1 atom stereocenters. The van der Waals surface area contributed by atoms with E-state index in [1.165, 1.54) is 0 Å². The van der Waals surface area contributed by atoms with Crippen molar-refractivity contribution in [2.75, 3.05) is 11.1 Å². The molecule has 20 heavy (non-hydrogen) atoms. The number of nitrogen functional groups attached to an aromatic ring is 1. The highest BCUT2D eigenvalue weighted by Gasteiger charge is 2.09. The van der Waals surface area contributed by atoms with Crippen LogP contribution >= 0.6 is 0 Å². The zero-order valence-corrected chi connectivity index (χ0v) is 11.7. The molecular formula is C16H19N3O. The van der Waals surface area contributed by atoms with Crippen LogP contribution in [0.3, 0.4) is 0 Å². The van der Waals surface area contributed by atoms with Crippen molar-refractivity contribution in [3.8, 4) is 0 Å². The van der Waals surface area contributed by atoms with Gasteiger partial charge in [0.15, 0.2) is 0 Å². The first-order chi connectivity index (χ1) is 9.54. The van der Waals surface area contributed by atoms with E-state index in [4.69, 9.17) is 5.73 Å². The summed E-state index contributed by atoms with van der Waals surface area (Å²) in [5.41, 5.74) is 9.30. The number of anilines is 2. The van der Waals surface area contributed by atoms with Gasteiger partial charge in [-0.25, -0.2) is 4.79 Å². The van der Waals surface area contributed by atoms with Gasteiger partial charge in [-0.3, -0.25) is 0 Å². The number of hydrogen-bond acceptors (Lipinski definition) is 2. The van der Waals surface area contributed by atoms with Gasteiger partial charge in [-0.1, -0.05) is 29.8 Å². The first kappa shape index (κ1) is 13.9. The molecular weight excluding hydrogens is 250 g/mol. The molecule has 0 aliphatic heterocycles. The number of benzene rings is 2. The highest BCUT2D eigenvalue weighted by atomic mass is 16.2. The molecule has 0 spiro atoms. The van der Waals surface area contributed by atoms with Crippen molar-refractivity contribution in [2.45, 2.75) is 19.9 Å². The number of rotatable bonds is 3. The molecule has 0 bridgehead atoms. The minimum absolute atomic E-state index is 0.0824. The number of nitrogens with one attached hydrogen (secondary N) is 2. The van der Waals surface area contributed by atoms with Gasteiger partial charge in [0.2, 0.25) is 0 Å². The fourth-order valence-corrected chi connectivity index (χ4v) is 1.87. The third kappa shape index (κ3) is 3.75. The standard InChI is InChI=1S/C16H19N3O/c1-11-3-9-15(10-4-11)19-16(20)18-12(2)13-5-7-14(17)8-6-13/h3-10,12H,17H2,1-2H3,(H2,18,19,20). The van der Waals surface area contributed by atoms with Crippen molar-refractivity contribution < 1.29 is 4.79 Å². The van der Waals surface area contributed by atoms with E-state index >= 15 is 0 Å². The van der Waals surface area contributed by atoms with E-state index in [-0.39, 0.29) is 12.1 Å². The SMILES string of the molecule is Cc1ccc(NC(=O)NC(C)c2ccc(N)cc2)cc1. The lowest BCUT2D eigenvalue weighted by atomic mass is 10.1. The monoisotopic (exact) mass is 269 g/mol. The van der Waals surface area contributed by atoms with Gasteiger partial charge >= 0.3 is 6.03 Å². The van der Waals surface area contributed by atoms with Gasteiger partial charge in [-0.15, -0.1) is 0 Å². The lowest BCUT2D eigenvalue weighted by molar-refractivity contribution is 0.249. The molecule has 0 aliphatic carbocycles. The van der Waals surface area contributed by atoms with E-state index in [1.54, 1.807) is 0 Å². The van der Waals surface area contributed by atoms with Crippen LogP contribution in [-0.2, 0) is 0 Å². The topological polar surface area (TPSA) is 67.2 Å². The number of carbonyl (C=O) groups is 1. The number of carbonyl (C=O) groups excluding carboxylic acids is 1. The Hall–Kier alpha value is -2.49. The molecule has 0 saturated heterocycles. The normalized spacial score (nSPS) is 11.7. The Morgan fingerprint density at radius 3 is 2.25 bits per heavy atom. The highest BCUT2D eigenvalue weighted by Crippen LogP contribution is 2.15. The van der Waals surface area contributed by atoms with Crippen molar-refractivity contribution in [3.05, 3.63) is 59.7 Å². The summed E-state index contributed by atoms with van der Waals surface area (Å²) in [6.45, 7) is 3.94. The first-order valence-corrected chi connectivity index (χ1v) is 6.54. The van der Waals surface area contributed by atoms with Crippen LogP contribution in [0.1, 0.15) is 24.1 Å². The van der Waals surface area contributed by atoms with E-state index in [0.29, 0.717) is 5.69 Å². The summed E-state index contributed by atoms with van der Waals surface area (Å²) in [5.74, 6) is 0. The number of hydrogen-bond donors (Lipinski definition) is 3. The molecule has 0 aromatic heterocycles. The van der Waals surface area contributed by atoms with Crippen LogP contribution in [0, 0.1) is 6.92 Å². The Morgan fingerprint density at radius 1 is 1.05 bits per heavy atom. The molecule has 1 unspecified atom stereocenters. The van der Waals surface area contributed by atoms with Gasteiger partial charge in [0.25, 0.3) is 0 Å². The molecule has 0 saturated carbocycles. The fraction of sp³-hybridized carbons (Fsp3) is 0.188. The number of aryl methyl sites for hydroxylation is 1. The van der Waals surface area contributed by atoms with Gasteiger partial charge in [0.1, 0.15) is 0 Å². The van der Waals surface area contributed by atoms with Gasteiger partial charge in [-0.2, -0.15) is 0 Å². The number of urea groups is 1. The van der Waals surface area contributed by atoms with E-state index in [1.807, 2.05) is 62.4 Å². The Balaban J connectivity index is 1.93. The van der Waals surface area contributed by atoms with Crippen LogP contribution < -0.4 is 16.4 Å². The Kier molecular flexibility index (Phi) is 4.25. The summed E-state index contributed by atoms with van der Waals surface area (Å²) < 4.78 is 0. The molecule has 4 heteroatoms. The lowest BCUT2D eigenvalue weighted by Crippen LogP contribution is -2.31. The maximum atomic E-state index is 11.9. The molecule has 4 N–H and O–H groups in total. The highest BCUT2D eigenvalue weighted by molar-refractivity contribution is 5.89. The quantitative estimate of drug-likeness (QED) is 0.747. The second kappa shape index (κ2) is 6.10. The first-order valence-electron chi connectivity index (χ1n) is 6.54. The Morgan fingerprint density at radius 2 is 1.65 bits per heavy atom. The summed E-state index contributed by atoms with van der Waals surface area (Å²) in [6, 6.07) is 14.8. The molecule has 0 heterocycles. The van der Waals surface area contributed by atoms with Crippen molar-refractivity contribution in [2.24, 2.45) is 0 Å². The second-order valence-electron chi connectivity index (χ2n) is 4.85. The van der Waals surface area contributed by atoms with Gasteiger partial charge in [0.05, 0.1) is 6.04 Å². The van der Waals surface area contributed by atoms with E-state index in [0.717, 1.165) is 16.8 Å². The average Bonchev–Trinajstić information content (AvgIpc) is 2.42. The van der Waals surface area contributed by atoms with E-state index in [9.17, 15) is 4.79 Å². The molecule has 104 valence electrons. The van der Waals surface area contributed by atoms with Gasteiger partial charge in [-0.05, 0) is 43.7 Å². The Labute approximate surface area is 119 Å². The van der Waals surface area contributed by atoms with Crippen molar-refractivity contribution >= 4 is 17.4 Å². The number of nitrogens with two attached hydrogens (primary N) is 1. The summed E-state index contributed by atoms with van der Waals surface area (Å²) in [4.78, 5) is 11.9. The fourth-order valence-electron chi connectivity index (χ4n) is 1.87. The van der Waals surface area contributed by atoms with Crippen LogP contribution in [0.15, 0.2) is 48.5 Å². The second-order valence-corrected chi connectivity index (χ2v) is 4.85. The van der Waals surface area contributed by atoms with Crippen molar-refractivity contribution in [3.63, 3.8) is 0 Å². The molecule has 0 aliphatic rings. The van der Waals surface area contributed by atoms with Crippen LogP contribution in [0.4, 0.5) is 16.2 Å². The maximum absolute atomic E-state index is 11.9. The molecule has 2 amide bonds. The minimum Gasteiger partial charge on any atom is -0.399 e.